The van der Waals surface area contributed by atoms with Gasteiger partial charge in [-0.05, 0) is 103 Å². The van der Waals surface area contributed by atoms with Crippen LogP contribution in [0.3, 0.4) is 0 Å². The van der Waals surface area contributed by atoms with Crippen molar-refractivity contribution < 1.29 is 14.3 Å². The maximum atomic E-state index is 13.7. The van der Waals surface area contributed by atoms with Gasteiger partial charge in [0.25, 0.3) is 0 Å². The number of rotatable bonds is 5. The van der Waals surface area contributed by atoms with Crippen molar-refractivity contribution >= 4 is 11.6 Å². The van der Waals surface area contributed by atoms with E-state index >= 15 is 0 Å². The summed E-state index contributed by atoms with van der Waals surface area (Å²) in [6.07, 6.45) is 13.6. The Morgan fingerprint density at radius 2 is 1.82 bits per heavy atom. The van der Waals surface area contributed by atoms with Crippen molar-refractivity contribution in [3.63, 3.8) is 0 Å². The number of fused-ring (bicyclic) bond motifs is 4. The molecule has 3 saturated carbocycles. The van der Waals surface area contributed by atoms with E-state index in [2.05, 4.69) is 43.1 Å². The average molecular weight is 522 g/mol. The van der Waals surface area contributed by atoms with Crippen molar-refractivity contribution in [2.45, 2.75) is 71.1 Å². The summed E-state index contributed by atoms with van der Waals surface area (Å²) in [4.78, 5) is 30.4. The highest BCUT2D eigenvalue weighted by Crippen LogP contribution is 2.67. The molecule has 1 aromatic heterocycles. The molecule has 1 aromatic carbocycles. The molecule has 0 N–H and O–H groups in total. The Balaban J connectivity index is 1.32. The third-order valence-corrected chi connectivity index (χ3v) is 11.0. The van der Waals surface area contributed by atoms with Gasteiger partial charge in [0.1, 0.15) is 11.5 Å². The summed E-state index contributed by atoms with van der Waals surface area (Å²) in [7, 11) is 1.67. The van der Waals surface area contributed by atoms with Gasteiger partial charge in [0.15, 0.2) is 5.78 Å². The minimum atomic E-state index is 0.0274. The van der Waals surface area contributed by atoms with Crippen molar-refractivity contribution in [2.75, 3.05) is 7.11 Å². The fraction of sp³-hybridized carbons (Fsp3) is 0.514. The number of benzene rings is 1. The molecule has 0 unspecified atom stereocenters. The number of nitrogens with zero attached hydrogens (tertiary/aromatic N) is 1. The smallest absolute Gasteiger partial charge is 0.156 e. The van der Waals surface area contributed by atoms with E-state index in [0.29, 0.717) is 41.8 Å². The highest BCUT2D eigenvalue weighted by molar-refractivity contribution is 5.93. The number of methoxy groups -OCH3 is 1. The quantitative estimate of drug-likeness (QED) is 0.409. The number of hydrogen-bond donors (Lipinski definition) is 0. The highest BCUT2D eigenvalue weighted by atomic mass is 16.5. The lowest BCUT2D eigenvalue weighted by molar-refractivity contribution is -0.130. The zero-order valence-corrected chi connectivity index (χ0v) is 23.4. The lowest BCUT2D eigenvalue weighted by atomic mass is 9.51. The molecule has 0 aliphatic heterocycles. The lowest BCUT2D eigenvalue weighted by Gasteiger charge is -2.52. The number of ether oxygens (including phenoxy) is 1. The topological polar surface area (TPSA) is 56.3 Å². The van der Waals surface area contributed by atoms with Gasteiger partial charge in [-0.3, -0.25) is 14.6 Å². The second-order valence-corrected chi connectivity index (χ2v) is 13.2. The third kappa shape index (κ3) is 4.05. The Bertz CT molecular complexity index is 1400. The van der Waals surface area contributed by atoms with Crippen LogP contribution in [0.15, 0.2) is 65.5 Å². The number of Topliss-reactive ketones (excluding diaryl/α,β-unsaturated/α-hetero) is 1. The molecule has 202 valence electrons. The third-order valence-electron chi connectivity index (χ3n) is 11.0. The van der Waals surface area contributed by atoms with E-state index in [4.69, 9.17) is 4.74 Å². The molecule has 0 bridgehead atoms. The molecule has 6 atom stereocenters. The molecule has 5 aliphatic rings. The summed E-state index contributed by atoms with van der Waals surface area (Å²) < 4.78 is 5.40. The first kappa shape index (κ1) is 25.0. The molecule has 2 aromatic rings. The van der Waals surface area contributed by atoms with Crippen LogP contribution in [-0.2, 0) is 9.59 Å². The Morgan fingerprint density at radius 1 is 1.03 bits per heavy atom. The predicted octanol–water partition coefficient (Wildman–Crippen LogP) is 7.50. The molecule has 7 rings (SSSR count). The van der Waals surface area contributed by atoms with Crippen LogP contribution in [0.5, 0.6) is 5.75 Å². The number of hydrogen-bond acceptors (Lipinski definition) is 4. The zero-order chi connectivity index (χ0) is 26.9. The predicted molar refractivity (Wildman–Crippen MR) is 152 cm³/mol. The van der Waals surface area contributed by atoms with Gasteiger partial charge in [-0.25, -0.2) is 0 Å². The van der Waals surface area contributed by atoms with Crippen LogP contribution in [0.2, 0.25) is 0 Å². The average Bonchev–Trinajstić information content (AvgIpc) is 3.76. The SMILES string of the molecule is COc1cncc(-c2ccc([C@H]3C[C@@]4(C)[C@@H](C[C@@H](C)[C@@H]4C(=O)C4CC4)[C@@H]4CCC5=CC(=O)CCC5=C43)cc2)c1. The highest BCUT2D eigenvalue weighted by Gasteiger charge is 2.61. The first-order valence-corrected chi connectivity index (χ1v) is 15.0. The fourth-order valence-corrected chi connectivity index (χ4v) is 9.15. The Morgan fingerprint density at radius 3 is 2.56 bits per heavy atom. The monoisotopic (exact) mass is 521 g/mol. The molecule has 1 heterocycles. The van der Waals surface area contributed by atoms with E-state index in [1.54, 1.807) is 18.9 Å². The van der Waals surface area contributed by atoms with Crippen molar-refractivity contribution in [3.05, 3.63) is 71.1 Å². The standard InChI is InChI=1S/C35H39NO3/c1-20-14-31-29-12-10-24-15-26(37)11-13-28(24)32(29)30(17-35(31,2)33(20)34(38)23-8-9-23)22-6-4-21(5-7-22)25-16-27(39-3)19-36-18-25/h4-7,15-16,18-20,23,29-31,33H,8-14,17H2,1-3H3/t20-,29+,30-,31+,33-,35+/m1/s1. The van der Waals surface area contributed by atoms with E-state index in [9.17, 15) is 9.59 Å². The van der Waals surface area contributed by atoms with Gasteiger partial charge in [0, 0.05) is 35.9 Å². The molecule has 0 radical (unpaired) electrons. The minimum absolute atomic E-state index is 0.0274. The summed E-state index contributed by atoms with van der Waals surface area (Å²) in [5.74, 6) is 3.90. The van der Waals surface area contributed by atoms with Crippen molar-refractivity contribution in [2.24, 2.45) is 35.0 Å². The summed E-state index contributed by atoms with van der Waals surface area (Å²) in [5.41, 5.74) is 7.92. The van der Waals surface area contributed by atoms with Crippen LogP contribution in [-0.4, -0.2) is 23.7 Å². The molecule has 4 nitrogen and oxygen atoms in total. The van der Waals surface area contributed by atoms with Crippen LogP contribution in [0.1, 0.15) is 76.7 Å². The second-order valence-electron chi connectivity index (χ2n) is 13.2. The largest absolute Gasteiger partial charge is 0.495 e. The maximum absolute atomic E-state index is 13.7. The van der Waals surface area contributed by atoms with E-state index < -0.39 is 0 Å². The Hall–Kier alpha value is -3.01. The summed E-state index contributed by atoms with van der Waals surface area (Å²) >= 11 is 0. The molecule has 0 amide bonds. The van der Waals surface area contributed by atoms with Gasteiger partial charge < -0.3 is 4.74 Å². The molecule has 4 heteroatoms. The van der Waals surface area contributed by atoms with Gasteiger partial charge in [0.2, 0.25) is 0 Å². The number of carbonyl (C=O) groups is 2. The number of allylic oxidation sites excluding steroid dienone is 4. The molecule has 39 heavy (non-hydrogen) atoms. The lowest BCUT2D eigenvalue weighted by Crippen LogP contribution is -2.45. The van der Waals surface area contributed by atoms with E-state index in [0.717, 1.165) is 61.8 Å². The molecular weight excluding hydrogens is 482 g/mol. The first-order valence-electron chi connectivity index (χ1n) is 15.0. The number of ketones is 2. The summed E-state index contributed by atoms with van der Waals surface area (Å²) in [5, 5.41) is 0. The fourth-order valence-electron chi connectivity index (χ4n) is 9.15. The van der Waals surface area contributed by atoms with Gasteiger partial charge >= 0.3 is 0 Å². The van der Waals surface area contributed by atoms with Gasteiger partial charge in [-0.2, -0.15) is 0 Å². The maximum Gasteiger partial charge on any atom is 0.156 e. The van der Waals surface area contributed by atoms with Crippen molar-refractivity contribution in [1.82, 2.24) is 4.98 Å². The zero-order valence-electron chi connectivity index (χ0n) is 23.4. The number of aromatic nitrogens is 1. The molecule has 5 aliphatic carbocycles. The molecular formula is C35H39NO3. The van der Waals surface area contributed by atoms with Gasteiger partial charge in [-0.15, -0.1) is 0 Å². The molecule has 0 spiro atoms. The van der Waals surface area contributed by atoms with Crippen LogP contribution in [0.25, 0.3) is 11.1 Å². The minimum Gasteiger partial charge on any atom is -0.495 e. The molecule has 3 fully saturated rings. The van der Waals surface area contributed by atoms with E-state index in [1.807, 2.05) is 18.3 Å². The Labute approximate surface area is 231 Å². The van der Waals surface area contributed by atoms with Crippen LogP contribution in [0, 0.1) is 35.0 Å². The molecule has 0 saturated heterocycles. The van der Waals surface area contributed by atoms with Crippen LogP contribution < -0.4 is 4.74 Å². The number of carbonyl (C=O) groups excluding carboxylic acids is 2. The van der Waals surface area contributed by atoms with Crippen LogP contribution in [0.4, 0.5) is 0 Å². The van der Waals surface area contributed by atoms with Gasteiger partial charge in [0.05, 0.1) is 13.3 Å². The van der Waals surface area contributed by atoms with Crippen LogP contribution >= 0.6 is 0 Å². The first-order chi connectivity index (χ1) is 18.9. The van der Waals surface area contributed by atoms with Crippen molar-refractivity contribution in [1.29, 1.82) is 0 Å². The Kier molecular flexibility index (Phi) is 5.95. The van der Waals surface area contributed by atoms with E-state index in [1.165, 1.54) is 16.7 Å². The summed E-state index contributed by atoms with van der Waals surface area (Å²) in [6, 6.07) is 11.1. The summed E-state index contributed by atoms with van der Waals surface area (Å²) in [6.45, 7) is 4.81. The number of pyridine rings is 1. The van der Waals surface area contributed by atoms with Crippen molar-refractivity contribution in [3.8, 4) is 16.9 Å². The second kappa shape index (κ2) is 9.28. The normalized spacial score (nSPS) is 33.7. The van der Waals surface area contributed by atoms with E-state index in [-0.39, 0.29) is 17.1 Å². The van der Waals surface area contributed by atoms with Gasteiger partial charge in [-0.1, -0.05) is 43.7 Å².